The van der Waals surface area contributed by atoms with Crippen LogP contribution in [0.5, 0.6) is 0 Å². The van der Waals surface area contributed by atoms with Crippen LogP contribution < -0.4 is 0 Å². The topological polar surface area (TPSA) is 50.0 Å². The highest BCUT2D eigenvalue weighted by Crippen LogP contribution is 2.39. The van der Waals surface area contributed by atoms with Crippen LogP contribution in [-0.4, -0.2) is 26.2 Å². The van der Waals surface area contributed by atoms with Crippen molar-refractivity contribution in [2.75, 3.05) is 6.54 Å². The van der Waals surface area contributed by atoms with Gasteiger partial charge in [-0.15, -0.1) is 22.7 Å². The van der Waals surface area contributed by atoms with Gasteiger partial charge in [-0.05, 0) is 78.3 Å². The van der Waals surface area contributed by atoms with Crippen LogP contribution in [0.2, 0.25) is 0 Å². The summed E-state index contributed by atoms with van der Waals surface area (Å²) in [7, 11) is 0. The minimum absolute atomic E-state index is 0.264. The first-order chi connectivity index (χ1) is 14.2. The van der Waals surface area contributed by atoms with E-state index in [2.05, 4.69) is 43.9 Å². The Morgan fingerprint density at radius 3 is 2.97 bits per heavy atom. The van der Waals surface area contributed by atoms with E-state index in [0.29, 0.717) is 11.4 Å². The zero-order chi connectivity index (χ0) is 19.8. The molecular formula is C21H20N4OS3. The molecule has 0 radical (unpaired) electrons. The molecule has 0 aliphatic carbocycles. The van der Waals surface area contributed by atoms with Gasteiger partial charge in [-0.3, -0.25) is 10.00 Å². The molecule has 8 heteroatoms. The lowest BCUT2D eigenvalue weighted by molar-refractivity contribution is 0.158. The molecule has 0 saturated carbocycles. The summed E-state index contributed by atoms with van der Waals surface area (Å²) in [5, 5.41) is 7.68. The van der Waals surface area contributed by atoms with Gasteiger partial charge in [0.05, 0.1) is 12.7 Å². The Hall–Kier alpha value is -2.26. The van der Waals surface area contributed by atoms with E-state index in [4.69, 9.17) is 16.6 Å². The predicted molar refractivity (Wildman–Crippen MR) is 121 cm³/mol. The number of rotatable bonds is 5. The molecule has 0 fully saturated rings. The molecule has 4 aromatic rings. The fourth-order valence-electron chi connectivity index (χ4n) is 3.73. The number of fused-ring (bicyclic) bond motifs is 1. The van der Waals surface area contributed by atoms with Gasteiger partial charge in [-0.25, -0.2) is 4.68 Å². The summed E-state index contributed by atoms with van der Waals surface area (Å²) in [6.07, 6.45) is 4.87. The van der Waals surface area contributed by atoms with Gasteiger partial charge in [0.15, 0.2) is 0 Å². The van der Waals surface area contributed by atoms with Crippen molar-refractivity contribution in [1.29, 1.82) is 0 Å². The highest BCUT2D eigenvalue weighted by molar-refractivity contribution is 7.71. The van der Waals surface area contributed by atoms with Gasteiger partial charge in [0.1, 0.15) is 17.3 Å². The van der Waals surface area contributed by atoms with Gasteiger partial charge in [-0.1, -0.05) is 6.07 Å². The Kier molecular flexibility index (Phi) is 5.09. The molecular weight excluding hydrogens is 420 g/mol. The monoisotopic (exact) mass is 440 g/mol. The molecule has 0 saturated heterocycles. The second kappa shape index (κ2) is 7.87. The number of nitrogens with zero attached hydrogens (tertiary/aromatic N) is 3. The van der Waals surface area contributed by atoms with E-state index in [1.807, 2.05) is 58.6 Å². The van der Waals surface area contributed by atoms with Crippen molar-refractivity contribution < 1.29 is 4.42 Å². The average Bonchev–Trinajstić information content (AvgIpc) is 3.48. The molecule has 0 bridgehead atoms. The molecule has 0 amide bonds. The highest BCUT2D eigenvalue weighted by Gasteiger charge is 2.30. The lowest BCUT2D eigenvalue weighted by Crippen LogP contribution is -2.36. The lowest BCUT2D eigenvalue weighted by atomic mass is 9.99. The Balaban J connectivity index is 1.40. The Bertz CT molecular complexity index is 1190. The molecule has 148 valence electrons. The normalized spacial score (nSPS) is 17.2. The van der Waals surface area contributed by atoms with Crippen LogP contribution >= 0.6 is 34.9 Å². The summed E-state index contributed by atoms with van der Waals surface area (Å²) in [6, 6.07) is 10.8. The molecule has 5 rings (SSSR count). The number of nitrogens with one attached hydrogen (secondary N) is 1. The van der Waals surface area contributed by atoms with E-state index in [1.165, 1.54) is 15.3 Å². The fraction of sp³-hybridized carbons (Fsp3) is 0.238. The lowest BCUT2D eigenvalue weighted by Gasteiger charge is -2.35. The van der Waals surface area contributed by atoms with E-state index in [0.717, 1.165) is 30.3 Å². The Labute approximate surface area is 181 Å². The largest absolute Gasteiger partial charge is 0.462 e. The minimum Gasteiger partial charge on any atom is -0.462 e. The number of thiophene rings is 2. The number of aryl methyl sites for hydroxylation is 1. The summed E-state index contributed by atoms with van der Waals surface area (Å²) in [5.74, 6) is 2.42. The minimum atomic E-state index is 0.264. The van der Waals surface area contributed by atoms with Crippen LogP contribution in [0.15, 0.2) is 45.5 Å². The van der Waals surface area contributed by atoms with Gasteiger partial charge in [0.25, 0.3) is 0 Å². The summed E-state index contributed by atoms with van der Waals surface area (Å²) >= 11 is 9.19. The summed E-state index contributed by atoms with van der Waals surface area (Å²) in [5.41, 5.74) is 1.42. The number of hydrogen-bond acceptors (Lipinski definition) is 6. The number of aromatic amines is 1. The van der Waals surface area contributed by atoms with Crippen LogP contribution in [0.3, 0.4) is 0 Å². The molecule has 29 heavy (non-hydrogen) atoms. The zero-order valence-electron chi connectivity index (χ0n) is 15.9. The van der Waals surface area contributed by atoms with E-state index in [-0.39, 0.29) is 6.04 Å². The molecule has 5 heterocycles. The standard InChI is InChI=1S/C21H20N4OS3/c1-14-4-5-15(26-14)6-7-19-22-21(27)25(23-19)13-24-10-8-17-16(9-12-29-17)20(24)18-3-2-11-28-18/h2-7,9,11-12,20H,8,10,13H2,1H3,(H,22,23,27). The van der Waals surface area contributed by atoms with Gasteiger partial charge in [0.2, 0.25) is 4.77 Å². The number of furan rings is 1. The van der Waals surface area contributed by atoms with Crippen molar-refractivity contribution in [3.05, 3.63) is 78.5 Å². The van der Waals surface area contributed by atoms with Crippen molar-refractivity contribution in [3.63, 3.8) is 0 Å². The van der Waals surface area contributed by atoms with Crippen molar-refractivity contribution in [2.24, 2.45) is 0 Å². The number of hydrogen-bond donors (Lipinski definition) is 1. The van der Waals surface area contributed by atoms with Crippen LogP contribution in [0.4, 0.5) is 0 Å². The second-order valence-corrected chi connectivity index (χ2v) is 9.37. The van der Waals surface area contributed by atoms with Crippen LogP contribution in [-0.2, 0) is 13.1 Å². The van der Waals surface area contributed by atoms with Gasteiger partial charge in [-0.2, -0.15) is 4.98 Å². The zero-order valence-corrected chi connectivity index (χ0v) is 18.3. The first-order valence-corrected chi connectivity index (χ1v) is 11.6. The third-order valence-electron chi connectivity index (χ3n) is 5.06. The predicted octanol–water partition coefficient (Wildman–Crippen LogP) is 5.74. The van der Waals surface area contributed by atoms with E-state index < -0.39 is 0 Å². The first kappa shape index (κ1) is 18.7. The van der Waals surface area contributed by atoms with Crippen molar-refractivity contribution in [3.8, 4) is 0 Å². The third kappa shape index (κ3) is 3.81. The smallest absolute Gasteiger partial charge is 0.217 e. The molecule has 1 atom stereocenters. The quantitative estimate of drug-likeness (QED) is 0.402. The van der Waals surface area contributed by atoms with E-state index in [9.17, 15) is 0 Å². The first-order valence-electron chi connectivity index (χ1n) is 9.42. The second-order valence-electron chi connectivity index (χ2n) is 7.02. The molecule has 4 aromatic heterocycles. The van der Waals surface area contributed by atoms with Gasteiger partial charge < -0.3 is 4.42 Å². The van der Waals surface area contributed by atoms with Crippen molar-refractivity contribution in [2.45, 2.75) is 26.1 Å². The third-order valence-corrected chi connectivity index (χ3v) is 7.30. The average molecular weight is 441 g/mol. The van der Waals surface area contributed by atoms with Crippen LogP contribution in [0.1, 0.15) is 38.7 Å². The highest BCUT2D eigenvalue weighted by atomic mass is 32.1. The summed E-state index contributed by atoms with van der Waals surface area (Å²) in [4.78, 5) is 9.82. The fourth-order valence-corrected chi connectivity index (χ4v) is 5.71. The van der Waals surface area contributed by atoms with Crippen LogP contribution in [0.25, 0.3) is 12.2 Å². The Morgan fingerprint density at radius 1 is 1.24 bits per heavy atom. The molecule has 0 aromatic carbocycles. The number of aromatic nitrogens is 3. The summed E-state index contributed by atoms with van der Waals surface area (Å²) < 4.78 is 8.08. The van der Waals surface area contributed by atoms with E-state index in [1.54, 1.807) is 0 Å². The number of H-pyrrole nitrogens is 1. The molecule has 1 aliphatic heterocycles. The maximum Gasteiger partial charge on any atom is 0.217 e. The molecule has 1 aliphatic rings. The van der Waals surface area contributed by atoms with Crippen LogP contribution in [0, 0.1) is 11.7 Å². The maximum atomic E-state index is 5.58. The SMILES string of the molecule is Cc1ccc(C=Cc2nc(=S)n(CN3CCc4sccc4C3c3cccs3)[nH]2)o1. The van der Waals surface area contributed by atoms with Gasteiger partial charge in [0, 0.05) is 16.3 Å². The molecule has 0 spiro atoms. The van der Waals surface area contributed by atoms with Crippen molar-refractivity contribution >= 4 is 47.0 Å². The van der Waals surface area contributed by atoms with Gasteiger partial charge >= 0.3 is 0 Å². The van der Waals surface area contributed by atoms with Crippen molar-refractivity contribution in [1.82, 2.24) is 19.7 Å². The molecule has 1 N–H and O–H groups in total. The van der Waals surface area contributed by atoms with E-state index >= 15 is 0 Å². The molecule has 5 nitrogen and oxygen atoms in total. The molecule has 1 unspecified atom stereocenters. The maximum absolute atomic E-state index is 5.58. The Morgan fingerprint density at radius 2 is 2.17 bits per heavy atom. The summed E-state index contributed by atoms with van der Waals surface area (Å²) in [6.45, 7) is 3.60.